The molecule has 99 valence electrons. The molecule has 4 nitrogen and oxygen atoms in total. The molecule has 0 aliphatic carbocycles. The number of hydrogen-bond acceptors (Lipinski definition) is 3. The Labute approximate surface area is 112 Å². The zero-order valence-electron chi connectivity index (χ0n) is 11.4. The van der Waals surface area contributed by atoms with Gasteiger partial charge < -0.3 is 4.74 Å². The van der Waals surface area contributed by atoms with Gasteiger partial charge in [0.15, 0.2) is 0 Å². The van der Waals surface area contributed by atoms with Gasteiger partial charge in [0.1, 0.15) is 11.4 Å². The minimum Gasteiger partial charge on any atom is -0.444 e. The van der Waals surface area contributed by atoms with Crippen LogP contribution in [-0.4, -0.2) is 16.7 Å². The van der Waals surface area contributed by atoms with Crippen molar-refractivity contribution in [1.82, 2.24) is 4.98 Å². The molecule has 0 fully saturated rings. The van der Waals surface area contributed by atoms with Crippen molar-refractivity contribution in [2.24, 2.45) is 0 Å². The van der Waals surface area contributed by atoms with E-state index in [0.717, 1.165) is 16.3 Å². The van der Waals surface area contributed by atoms with Crippen molar-refractivity contribution in [2.75, 3.05) is 5.32 Å². The number of ether oxygens (including phenoxy) is 1. The molecule has 0 aliphatic rings. The normalized spacial score (nSPS) is 11.4. The maximum Gasteiger partial charge on any atom is 0.413 e. The molecule has 0 bridgehead atoms. The quantitative estimate of drug-likeness (QED) is 0.846. The maximum atomic E-state index is 11.6. The summed E-state index contributed by atoms with van der Waals surface area (Å²) in [6, 6.07) is 7.61. The summed E-state index contributed by atoms with van der Waals surface area (Å²) in [4.78, 5) is 15.8. The van der Waals surface area contributed by atoms with Crippen LogP contribution in [0.15, 0.2) is 30.5 Å². The van der Waals surface area contributed by atoms with Gasteiger partial charge in [-0.05, 0) is 44.7 Å². The third-order valence-electron chi connectivity index (χ3n) is 2.42. The first-order chi connectivity index (χ1) is 8.83. The standard InChI is InChI=1S/C15H17N2O2/c1-10-5-6-11-9-16-13(8-12(11)7-10)17-14(18)19-15(2,3)4/h5-9H,1H2,2-4H3,(H,16,17,18). The summed E-state index contributed by atoms with van der Waals surface area (Å²) in [5.41, 5.74) is 0.392. The van der Waals surface area contributed by atoms with Crippen LogP contribution in [0.2, 0.25) is 0 Å². The number of aromatic nitrogens is 1. The lowest BCUT2D eigenvalue weighted by molar-refractivity contribution is 0.0635. The summed E-state index contributed by atoms with van der Waals surface area (Å²) < 4.78 is 5.18. The van der Waals surface area contributed by atoms with E-state index in [1.807, 2.05) is 39.0 Å². The average Bonchev–Trinajstić information content (AvgIpc) is 2.25. The van der Waals surface area contributed by atoms with Gasteiger partial charge in [0.2, 0.25) is 0 Å². The van der Waals surface area contributed by atoms with Crippen LogP contribution in [0.25, 0.3) is 10.8 Å². The Morgan fingerprint density at radius 3 is 2.68 bits per heavy atom. The Morgan fingerprint density at radius 2 is 2.00 bits per heavy atom. The first kappa shape index (κ1) is 13.3. The van der Waals surface area contributed by atoms with Crippen LogP contribution in [-0.2, 0) is 4.74 Å². The van der Waals surface area contributed by atoms with E-state index in [1.54, 1.807) is 12.3 Å². The molecule has 19 heavy (non-hydrogen) atoms. The van der Waals surface area contributed by atoms with E-state index in [-0.39, 0.29) is 0 Å². The monoisotopic (exact) mass is 257 g/mol. The largest absolute Gasteiger partial charge is 0.444 e. The van der Waals surface area contributed by atoms with Gasteiger partial charge in [-0.3, -0.25) is 5.32 Å². The number of fused-ring (bicyclic) bond motifs is 1. The summed E-state index contributed by atoms with van der Waals surface area (Å²) in [6.45, 7) is 9.32. The number of anilines is 1. The minimum atomic E-state index is -0.526. The first-order valence-electron chi connectivity index (χ1n) is 6.05. The van der Waals surface area contributed by atoms with E-state index < -0.39 is 11.7 Å². The molecule has 0 spiro atoms. The van der Waals surface area contributed by atoms with Crippen molar-refractivity contribution in [2.45, 2.75) is 26.4 Å². The summed E-state index contributed by atoms with van der Waals surface area (Å²) in [6.07, 6.45) is 1.20. The summed E-state index contributed by atoms with van der Waals surface area (Å²) >= 11 is 0. The van der Waals surface area contributed by atoms with E-state index in [4.69, 9.17) is 4.74 Å². The summed E-state index contributed by atoms with van der Waals surface area (Å²) in [7, 11) is 0. The van der Waals surface area contributed by atoms with Gasteiger partial charge >= 0.3 is 6.09 Å². The second kappa shape index (κ2) is 4.88. The Bertz CT molecular complexity index is 615. The number of benzene rings is 1. The average molecular weight is 257 g/mol. The van der Waals surface area contributed by atoms with Crippen LogP contribution in [0.3, 0.4) is 0 Å². The highest BCUT2D eigenvalue weighted by molar-refractivity contribution is 5.89. The molecule has 1 radical (unpaired) electrons. The Morgan fingerprint density at radius 1 is 1.26 bits per heavy atom. The lowest BCUT2D eigenvalue weighted by Gasteiger charge is -2.19. The fourth-order valence-corrected chi connectivity index (χ4v) is 1.67. The van der Waals surface area contributed by atoms with E-state index >= 15 is 0 Å². The summed E-state index contributed by atoms with van der Waals surface area (Å²) in [5.74, 6) is 0.465. The Hall–Kier alpha value is -2.10. The van der Waals surface area contributed by atoms with E-state index in [2.05, 4.69) is 17.2 Å². The fourth-order valence-electron chi connectivity index (χ4n) is 1.67. The van der Waals surface area contributed by atoms with Crippen LogP contribution in [0.5, 0.6) is 0 Å². The van der Waals surface area contributed by atoms with Gasteiger partial charge in [-0.1, -0.05) is 18.2 Å². The van der Waals surface area contributed by atoms with Gasteiger partial charge in [0.05, 0.1) is 0 Å². The zero-order valence-corrected chi connectivity index (χ0v) is 11.4. The lowest BCUT2D eigenvalue weighted by Crippen LogP contribution is -2.27. The second-order valence-electron chi connectivity index (χ2n) is 5.38. The molecule has 4 heteroatoms. The van der Waals surface area contributed by atoms with Crippen molar-refractivity contribution in [1.29, 1.82) is 0 Å². The fraction of sp³-hybridized carbons (Fsp3) is 0.267. The van der Waals surface area contributed by atoms with Crippen molar-refractivity contribution in [3.05, 3.63) is 42.9 Å². The number of nitrogens with one attached hydrogen (secondary N) is 1. The topological polar surface area (TPSA) is 51.2 Å². The number of carbonyl (C=O) groups excluding carboxylic acids is 1. The number of carbonyl (C=O) groups is 1. The van der Waals surface area contributed by atoms with Crippen LogP contribution in [0.1, 0.15) is 26.3 Å². The predicted octanol–water partition coefficient (Wildman–Crippen LogP) is 3.76. The van der Waals surface area contributed by atoms with Gasteiger partial charge in [0.25, 0.3) is 0 Å². The second-order valence-corrected chi connectivity index (χ2v) is 5.38. The first-order valence-corrected chi connectivity index (χ1v) is 6.05. The van der Waals surface area contributed by atoms with E-state index in [0.29, 0.717) is 5.82 Å². The van der Waals surface area contributed by atoms with Gasteiger partial charge in [-0.25, -0.2) is 9.78 Å². The number of hydrogen-bond donors (Lipinski definition) is 1. The molecule has 1 heterocycles. The third-order valence-corrected chi connectivity index (χ3v) is 2.42. The molecule has 0 saturated carbocycles. The molecular weight excluding hydrogens is 240 g/mol. The molecule has 0 atom stereocenters. The van der Waals surface area contributed by atoms with E-state index in [1.165, 1.54) is 0 Å². The highest BCUT2D eigenvalue weighted by Gasteiger charge is 2.16. The van der Waals surface area contributed by atoms with Crippen LogP contribution < -0.4 is 5.32 Å². The molecule has 1 aromatic carbocycles. The van der Waals surface area contributed by atoms with Crippen molar-refractivity contribution in [3.8, 4) is 0 Å². The maximum absolute atomic E-state index is 11.6. The molecule has 0 unspecified atom stereocenters. The lowest BCUT2D eigenvalue weighted by atomic mass is 10.1. The van der Waals surface area contributed by atoms with Gasteiger partial charge in [0, 0.05) is 11.6 Å². The van der Waals surface area contributed by atoms with Crippen molar-refractivity contribution < 1.29 is 9.53 Å². The highest BCUT2D eigenvalue weighted by atomic mass is 16.6. The van der Waals surface area contributed by atoms with Crippen molar-refractivity contribution >= 4 is 22.7 Å². The number of amides is 1. The molecule has 1 amide bonds. The van der Waals surface area contributed by atoms with Crippen LogP contribution in [0, 0.1) is 6.92 Å². The Balaban J connectivity index is 2.19. The SMILES string of the molecule is [CH2]c1ccc2cnc(NC(=O)OC(C)(C)C)cc2c1. The van der Waals surface area contributed by atoms with Crippen molar-refractivity contribution in [3.63, 3.8) is 0 Å². The van der Waals surface area contributed by atoms with E-state index in [9.17, 15) is 4.79 Å². The predicted molar refractivity (Wildman–Crippen MR) is 76.1 cm³/mol. The molecule has 1 N–H and O–H groups in total. The molecule has 1 aromatic heterocycles. The number of rotatable bonds is 1. The molecule has 2 aromatic rings. The minimum absolute atomic E-state index is 0.465. The number of pyridine rings is 1. The van der Waals surface area contributed by atoms with Crippen LogP contribution in [0.4, 0.5) is 10.6 Å². The highest BCUT2D eigenvalue weighted by Crippen LogP contribution is 2.18. The van der Waals surface area contributed by atoms with Crippen LogP contribution >= 0.6 is 0 Å². The number of nitrogens with zero attached hydrogens (tertiary/aromatic N) is 1. The van der Waals surface area contributed by atoms with Gasteiger partial charge in [-0.15, -0.1) is 0 Å². The van der Waals surface area contributed by atoms with Gasteiger partial charge in [-0.2, -0.15) is 0 Å². The molecular formula is C15H17N2O2. The third kappa shape index (κ3) is 3.68. The smallest absolute Gasteiger partial charge is 0.413 e. The summed E-state index contributed by atoms with van der Waals surface area (Å²) in [5, 5.41) is 4.60. The Kier molecular flexibility index (Phi) is 3.42. The molecule has 0 saturated heterocycles. The zero-order chi connectivity index (χ0) is 14.0. The molecule has 0 aliphatic heterocycles. The molecule has 2 rings (SSSR count).